The summed E-state index contributed by atoms with van der Waals surface area (Å²) in [4.78, 5) is 30.1. The van der Waals surface area contributed by atoms with Gasteiger partial charge < -0.3 is 20.3 Å². The highest BCUT2D eigenvalue weighted by Gasteiger charge is 2.36. The van der Waals surface area contributed by atoms with Gasteiger partial charge in [-0.05, 0) is 30.5 Å². The molecule has 2 N–H and O–H groups in total. The van der Waals surface area contributed by atoms with E-state index in [1.807, 2.05) is 11.8 Å². The fourth-order valence-electron chi connectivity index (χ4n) is 3.12. The molecule has 7 nitrogen and oxygen atoms in total. The van der Waals surface area contributed by atoms with Crippen LogP contribution in [-0.2, 0) is 9.53 Å². The average molecular weight is 506 g/mol. The van der Waals surface area contributed by atoms with Gasteiger partial charge in [-0.2, -0.15) is 0 Å². The number of aliphatic imine (C=N–C) groups is 1. The van der Waals surface area contributed by atoms with Crippen molar-refractivity contribution in [2.24, 2.45) is 16.8 Å². The van der Waals surface area contributed by atoms with Crippen molar-refractivity contribution in [3.63, 3.8) is 0 Å². The molecule has 156 valence electrons. The van der Waals surface area contributed by atoms with E-state index >= 15 is 0 Å². The van der Waals surface area contributed by atoms with E-state index in [1.54, 1.807) is 26.1 Å². The Hall–Kier alpha value is -1.91. The number of amides is 1. The maximum atomic E-state index is 13.6. The van der Waals surface area contributed by atoms with Gasteiger partial charge in [0.2, 0.25) is 0 Å². The van der Waals surface area contributed by atoms with E-state index < -0.39 is 5.82 Å². The normalized spacial score (nSPS) is 19.0. The lowest BCUT2D eigenvalue weighted by Crippen LogP contribution is -2.43. The topological polar surface area (TPSA) is 83.0 Å². The molecule has 2 rings (SSSR count). The molecule has 1 amide bonds. The van der Waals surface area contributed by atoms with Crippen molar-refractivity contribution < 1.29 is 18.7 Å². The Bertz CT molecular complexity index is 729. The van der Waals surface area contributed by atoms with Crippen molar-refractivity contribution in [1.29, 1.82) is 0 Å². The first kappa shape index (κ1) is 24.1. The van der Waals surface area contributed by atoms with Gasteiger partial charge in [0.15, 0.2) is 5.96 Å². The van der Waals surface area contributed by atoms with Crippen molar-refractivity contribution in [3.05, 3.63) is 35.1 Å². The summed E-state index contributed by atoms with van der Waals surface area (Å²) >= 11 is 0. The minimum atomic E-state index is -0.399. The van der Waals surface area contributed by atoms with Crippen LogP contribution in [0.4, 0.5) is 4.39 Å². The zero-order valence-electron chi connectivity index (χ0n) is 16.6. The second-order valence-corrected chi connectivity index (χ2v) is 6.71. The summed E-state index contributed by atoms with van der Waals surface area (Å²) < 4.78 is 18.4. The number of carbonyl (C=O) groups excluding carboxylic acids is 2. The lowest BCUT2D eigenvalue weighted by atomic mass is 9.99. The van der Waals surface area contributed by atoms with Crippen LogP contribution >= 0.6 is 24.0 Å². The van der Waals surface area contributed by atoms with E-state index in [9.17, 15) is 14.0 Å². The number of guanidine groups is 1. The summed E-state index contributed by atoms with van der Waals surface area (Å²) in [6.07, 6.45) is 0. The van der Waals surface area contributed by atoms with E-state index in [0.29, 0.717) is 37.7 Å². The zero-order valence-corrected chi connectivity index (χ0v) is 19.0. The molecule has 0 aliphatic carbocycles. The molecule has 28 heavy (non-hydrogen) atoms. The lowest BCUT2D eigenvalue weighted by Gasteiger charge is -2.21. The molecule has 1 fully saturated rings. The number of aryl methyl sites for hydroxylation is 1. The number of rotatable bonds is 5. The van der Waals surface area contributed by atoms with Crippen molar-refractivity contribution in [3.8, 4) is 0 Å². The maximum Gasteiger partial charge on any atom is 0.310 e. The molecular formula is C19H28FIN4O3. The Balaban J connectivity index is 0.00000392. The number of hydrogen-bond acceptors (Lipinski definition) is 4. The summed E-state index contributed by atoms with van der Waals surface area (Å²) in [6, 6.07) is 4.41. The Morgan fingerprint density at radius 1 is 1.29 bits per heavy atom. The predicted octanol–water partition coefficient (Wildman–Crippen LogP) is 1.80. The maximum absolute atomic E-state index is 13.6. The molecule has 0 radical (unpaired) electrons. The lowest BCUT2D eigenvalue weighted by molar-refractivity contribution is -0.145. The summed E-state index contributed by atoms with van der Waals surface area (Å²) in [5.41, 5.74) is 0.791. The standard InChI is InChI=1S/C19H27FN4O3.HI/c1-12-5-6-14(9-16(12)20)17(25)22-7-8-23-19(21-3)24-10-13(2)15(11-24)18(26)27-4;/h5-6,9,13,15H,7-8,10-11H2,1-4H3,(H,21,23)(H,22,25);1H. The minimum absolute atomic E-state index is 0. The summed E-state index contributed by atoms with van der Waals surface area (Å²) in [6.45, 7) is 5.72. The fourth-order valence-corrected chi connectivity index (χ4v) is 3.12. The third kappa shape index (κ3) is 6.05. The number of esters is 1. The summed E-state index contributed by atoms with van der Waals surface area (Å²) in [5.74, 6) is -0.269. The van der Waals surface area contributed by atoms with Crippen LogP contribution in [0.5, 0.6) is 0 Å². The molecule has 1 heterocycles. The van der Waals surface area contributed by atoms with Crippen molar-refractivity contribution in [1.82, 2.24) is 15.5 Å². The first-order valence-corrected chi connectivity index (χ1v) is 8.95. The quantitative estimate of drug-likeness (QED) is 0.209. The Labute approximate surface area is 182 Å². The van der Waals surface area contributed by atoms with E-state index in [4.69, 9.17) is 4.74 Å². The predicted molar refractivity (Wildman–Crippen MR) is 116 cm³/mol. The number of carbonyl (C=O) groups is 2. The van der Waals surface area contributed by atoms with Gasteiger partial charge in [0, 0.05) is 38.8 Å². The van der Waals surface area contributed by atoms with Crippen LogP contribution in [-0.4, -0.2) is 63.1 Å². The molecule has 1 aliphatic rings. The van der Waals surface area contributed by atoms with Gasteiger partial charge in [-0.3, -0.25) is 14.6 Å². The number of nitrogens with zero attached hydrogens (tertiary/aromatic N) is 2. The molecule has 0 spiro atoms. The molecule has 1 saturated heterocycles. The van der Waals surface area contributed by atoms with Crippen molar-refractivity contribution in [2.45, 2.75) is 13.8 Å². The second kappa shape index (κ2) is 11.2. The molecule has 0 aromatic heterocycles. The Kier molecular flexibility index (Phi) is 9.63. The number of methoxy groups -OCH3 is 1. The molecule has 0 bridgehead atoms. The molecule has 9 heteroatoms. The minimum Gasteiger partial charge on any atom is -0.469 e. The first-order chi connectivity index (χ1) is 12.9. The fraction of sp³-hybridized carbons (Fsp3) is 0.526. The highest BCUT2D eigenvalue weighted by Crippen LogP contribution is 2.23. The number of likely N-dealkylation sites (tertiary alicyclic amines) is 1. The number of benzene rings is 1. The molecule has 2 unspecified atom stereocenters. The molecule has 2 atom stereocenters. The number of nitrogens with one attached hydrogen (secondary N) is 2. The number of ether oxygens (including phenoxy) is 1. The number of halogens is 2. The van der Waals surface area contributed by atoms with Gasteiger partial charge in [-0.15, -0.1) is 24.0 Å². The Morgan fingerprint density at radius 2 is 1.96 bits per heavy atom. The third-order valence-corrected chi connectivity index (χ3v) is 4.76. The average Bonchev–Trinajstić information content (AvgIpc) is 3.04. The van der Waals surface area contributed by atoms with Crippen molar-refractivity contribution >= 4 is 41.8 Å². The van der Waals surface area contributed by atoms with E-state index in [2.05, 4.69) is 15.6 Å². The SMILES string of the molecule is CN=C(NCCNC(=O)c1ccc(C)c(F)c1)N1CC(C)C(C(=O)OC)C1.I. The summed E-state index contributed by atoms with van der Waals surface area (Å²) in [5, 5.41) is 5.92. The van der Waals surface area contributed by atoms with Crippen LogP contribution in [0.1, 0.15) is 22.8 Å². The molecular weight excluding hydrogens is 478 g/mol. The molecule has 1 aromatic rings. The highest BCUT2D eigenvalue weighted by atomic mass is 127. The summed E-state index contributed by atoms with van der Waals surface area (Å²) in [7, 11) is 3.07. The van der Waals surface area contributed by atoms with E-state index in [1.165, 1.54) is 13.2 Å². The molecule has 0 saturated carbocycles. The zero-order chi connectivity index (χ0) is 20.0. The van der Waals surface area contributed by atoms with Gasteiger partial charge in [0.25, 0.3) is 5.91 Å². The second-order valence-electron chi connectivity index (χ2n) is 6.71. The third-order valence-electron chi connectivity index (χ3n) is 4.76. The van der Waals surface area contributed by atoms with Crippen LogP contribution < -0.4 is 10.6 Å². The molecule has 1 aliphatic heterocycles. The van der Waals surface area contributed by atoms with E-state index in [-0.39, 0.29) is 53.3 Å². The van der Waals surface area contributed by atoms with Gasteiger partial charge in [-0.25, -0.2) is 4.39 Å². The van der Waals surface area contributed by atoms with Gasteiger partial charge in [0.05, 0.1) is 13.0 Å². The largest absolute Gasteiger partial charge is 0.469 e. The van der Waals surface area contributed by atoms with Crippen LogP contribution in [0, 0.1) is 24.6 Å². The van der Waals surface area contributed by atoms with Gasteiger partial charge in [-0.1, -0.05) is 13.0 Å². The van der Waals surface area contributed by atoms with Crippen LogP contribution in [0.15, 0.2) is 23.2 Å². The monoisotopic (exact) mass is 506 g/mol. The van der Waals surface area contributed by atoms with E-state index in [0.717, 1.165) is 0 Å². The first-order valence-electron chi connectivity index (χ1n) is 8.95. The molecule has 1 aromatic carbocycles. The number of hydrogen-bond donors (Lipinski definition) is 2. The van der Waals surface area contributed by atoms with Crippen LogP contribution in [0.2, 0.25) is 0 Å². The van der Waals surface area contributed by atoms with Gasteiger partial charge >= 0.3 is 5.97 Å². The highest BCUT2D eigenvalue weighted by molar-refractivity contribution is 14.0. The van der Waals surface area contributed by atoms with Gasteiger partial charge in [0.1, 0.15) is 5.82 Å². The van der Waals surface area contributed by atoms with Crippen molar-refractivity contribution in [2.75, 3.05) is 40.3 Å². The smallest absolute Gasteiger partial charge is 0.310 e. The Morgan fingerprint density at radius 3 is 2.57 bits per heavy atom. The van der Waals surface area contributed by atoms with Crippen LogP contribution in [0.25, 0.3) is 0 Å². The van der Waals surface area contributed by atoms with Crippen LogP contribution in [0.3, 0.4) is 0 Å².